The van der Waals surface area contributed by atoms with Gasteiger partial charge in [-0.3, -0.25) is 0 Å². The molecule has 15 heavy (non-hydrogen) atoms. The zero-order valence-corrected chi connectivity index (χ0v) is 9.34. The van der Waals surface area contributed by atoms with Crippen LogP contribution >= 0.6 is 0 Å². The van der Waals surface area contributed by atoms with Gasteiger partial charge in [0.05, 0.1) is 6.33 Å². The van der Waals surface area contributed by atoms with Gasteiger partial charge in [0.15, 0.2) is 0 Å². The molecule has 0 aliphatic carbocycles. The minimum atomic E-state index is 0.336. The summed E-state index contributed by atoms with van der Waals surface area (Å²) in [6, 6.07) is 0.336. The minimum absolute atomic E-state index is 0.336. The molecule has 1 fully saturated rings. The van der Waals surface area contributed by atoms with Crippen molar-refractivity contribution >= 4 is 0 Å². The summed E-state index contributed by atoms with van der Waals surface area (Å²) in [5.74, 6) is 0.688. The van der Waals surface area contributed by atoms with Gasteiger partial charge in [-0.15, -0.1) is 0 Å². The van der Waals surface area contributed by atoms with E-state index in [1.54, 1.807) is 0 Å². The van der Waals surface area contributed by atoms with Crippen molar-refractivity contribution in [2.75, 3.05) is 19.6 Å². The smallest absolute Gasteiger partial charge is 0.0946 e. The van der Waals surface area contributed by atoms with Crippen molar-refractivity contribution in [2.24, 2.45) is 11.7 Å². The summed E-state index contributed by atoms with van der Waals surface area (Å²) in [5, 5.41) is 0. The maximum atomic E-state index is 5.91. The lowest BCUT2D eigenvalue weighted by molar-refractivity contribution is 0.302. The fourth-order valence-electron chi connectivity index (χ4n) is 2.17. The monoisotopic (exact) mass is 208 g/mol. The van der Waals surface area contributed by atoms with Gasteiger partial charge in [-0.25, -0.2) is 4.98 Å². The van der Waals surface area contributed by atoms with Crippen molar-refractivity contribution < 1.29 is 0 Å². The molecule has 4 heteroatoms. The van der Waals surface area contributed by atoms with Crippen LogP contribution in [0.4, 0.5) is 0 Å². The second-order valence-electron chi connectivity index (χ2n) is 4.51. The number of rotatable bonds is 4. The SMILES string of the molecule is CC(N)C1CCN(CCn2ccnc2)C1. The highest BCUT2D eigenvalue weighted by molar-refractivity contribution is 4.81. The first-order chi connectivity index (χ1) is 7.25. The Bertz CT molecular complexity index is 281. The molecule has 1 aromatic heterocycles. The van der Waals surface area contributed by atoms with Gasteiger partial charge in [0.2, 0.25) is 0 Å². The predicted octanol–water partition coefficient (Wildman–Crippen LogP) is 0.552. The van der Waals surface area contributed by atoms with Crippen LogP contribution in [0.5, 0.6) is 0 Å². The van der Waals surface area contributed by atoms with Crippen molar-refractivity contribution in [1.29, 1.82) is 0 Å². The molecule has 1 aromatic rings. The molecule has 84 valence electrons. The van der Waals surface area contributed by atoms with Gasteiger partial charge in [0, 0.05) is 38.1 Å². The third-order valence-electron chi connectivity index (χ3n) is 3.29. The number of hydrogen-bond acceptors (Lipinski definition) is 3. The molecule has 2 rings (SSSR count). The van der Waals surface area contributed by atoms with Crippen LogP contribution < -0.4 is 5.73 Å². The molecule has 2 N–H and O–H groups in total. The van der Waals surface area contributed by atoms with E-state index >= 15 is 0 Å². The number of imidazole rings is 1. The molecule has 1 aliphatic rings. The highest BCUT2D eigenvalue weighted by atomic mass is 15.2. The van der Waals surface area contributed by atoms with Gasteiger partial charge >= 0.3 is 0 Å². The molecule has 0 saturated carbocycles. The standard InChI is InChI=1S/C11H20N4/c1-10(12)11-2-4-14(8-11)6-7-15-5-3-13-9-15/h3,5,9-11H,2,4,6-8,12H2,1H3. The Balaban J connectivity index is 1.73. The van der Waals surface area contributed by atoms with E-state index in [1.165, 1.54) is 13.0 Å². The van der Waals surface area contributed by atoms with E-state index in [-0.39, 0.29) is 0 Å². The van der Waals surface area contributed by atoms with Crippen molar-refractivity contribution in [2.45, 2.75) is 25.9 Å². The average molecular weight is 208 g/mol. The maximum absolute atomic E-state index is 5.91. The fourth-order valence-corrected chi connectivity index (χ4v) is 2.17. The van der Waals surface area contributed by atoms with Gasteiger partial charge in [-0.2, -0.15) is 0 Å². The molecule has 1 saturated heterocycles. The normalized spacial score (nSPS) is 24.5. The quantitative estimate of drug-likeness (QED) is 0.786. The molecule has 4 nitrogen and oxygen atoms in total. The summed E-state index contributed by atoms with van der Waals surface area (Å²) in [7, 11) is 0. The number of aromatic nitrogens is 2. The van der Waals surface area contributed by atoms with Crippen LogP contribution in [-0.2, 0) is 6.54 Å². The first-order valence-electron chi connectivity index (χ1n) is 5.69. The van der Waals surface area contributed by atoms with Gasteiger partial charge in [0.25, 0.3) is 0 Å². The second-order valence-corrected chi connectivity index (χ2v) is 4.51. The van der Waals surface area contributed by atoms with Gasteiger partial charge in [-0.05, 0) is 25.8 Å². The van der Waals surface area contributed by atoms with E-state index < -0.39 is 0 Å². The summed E-state index contributed by atoms with van der Waals surface area (Å²) in [6.07, 6.45) is 6.97. The Morgan fingerprint density at radius 1 is 1.53 bits per heavy atom. The molecule has 2 atom stereocenters. The Hall–Kier alpha value is -0.870. The van der Waals surface area contributed by atoms with Gasteiger partial charge < -0.3 is 15.2 Å². The van der Waals surface area contributed by atoms with Crippen molar-refractivity contribution in [3.8, 4) is 0 Å². The summed E-state index contributed by atoms with van der Waals surface area (Å²) >= 11 is 0. The lowest BCUT2D eigenvalue weighted by Gasteiger charge is -2.17. The summed E-state index contributed by atoms with van der Waals surface area (Å²) in [5.41, 5.74) is 5.91. The number of nitrogens with two attached hydrogens (primary N) is 1. The van der Waals surface area contributed by atoms with Crippen LogP contribution in [0.1, 0.15) is 13.3 Å². The molecule has 0 amide bonds. The van der Waals surface area contributed by atoms with Crippen LogP contribution in [0.3, 0.4) is 0 Å². The van der Waals surface area contributed by atoms with Gasteiger partial charge in [0.1, 0.15) is 0 Å². The van der Waals surface area contributed by atoms with E-state index in [4.69, 9.17) is 5.73 Å². The second kappa shape index (κ2) is 4.77. The van der Waals surface area contributed by atoms with Crippen molar-refractivity contribution in [3.05, 3.63) is 18.7 Å². The molecular formula is C11H20N4. The van der Waals surface area contributed by atoms with Crippen LogP contribution in [0.2, 0.25) is 0 Å². The molecule has 0 spiro atoms. The van der Waals surface area contributed by atoms with E-state index in [0.717, 1.165) is 19.6 Å². The molecule has 0 bridgehead atoms. The van der Waals surface area contributed by atoms with E-state index in [2.05, 4.69) is 21.4 Å². The van der Waals surface area contributed by atoms with Gasteiger partial charge in [-0.1, -0.05) is 0 Å². The Morgan fingerprint density at radius 3 is 3.00 bits per heavy atom. The first-order valence-corrected chi connectivity index (χ1v) is 5.69. The van der Waals surface area contributed by atoms with E-state index in [9.17, 15) is 0 Å². The Labute approximate surface area is 91.1 Å². The fraction of sp³-hybridized carbons (Fsp3) is 0.727. The summed E-state index contributed by atoms with van der Waals surface area (Å²) < 4.78 is 2.12. The molecular weight excluding hydrogens is 188 g/mol. The predicted molar refractivity (Wildman–Crippen MR) is 60.4 cm³/mol. The van der Waals surface area contributed by atoms with Crippen LogP contribution in [0.25, 0.3) is 0 Å². The highest BCUT2D eigenvalue weighted by Crippen LogP contribution is 2.18. The molecule has 2 heterocycles. The average Bonchev–Trinajstić information content (AvgIpc) is 2.86. The third kappa shape index (κ3) is 2.79. The summed E-state index contributed by atoms with van der Waals surface area (Å²) in [4.78, 5) is 6.53. The van der Waals surface area contributed by atoms with Crippen molar-refractivity contribution in [1.82, 2.24) is 14.5 Å². The Kier molecular flexibility index (Phi) is 3.38. The molecule has 0 radical (unpaired) electrons. The van der Waals surface area contributed by atoms with E-state index in [1.807, 2.05) is 18.7 Å². The Morgan fingerprint density at radius 2 is 2.40 bits per heavy atom. The van der Waals surface area contributed by atoms with Crippen LogP contribution in [-0.4, -0.2) is 40.1 Å². The lowest BCUT2D eigenvalue weighted by Crippen LogP contribution is -2.31. The van der Waals surface area contributed by atoms with Crippen LogP contribution in [0, 0.1) is 5.92 Å². The number of hydrogen-bond donors (Lipinski definition) is 1. The largest absolute Gasteiger partial charge is 0.336 e. The zero-order valence-electron chi connectivity index (χ0n) is 9.34. The molecule has 1 aliphatic heterocycles. The summed E-state index contributed by atoms with van der Waals surface area (Å²) in [6.45, 7) is 6.61. The number of likely N-dealkylation sites (tertiary alicyclic amines) is 1. The minimum Gasteiger partial charge on any atom is -0.336 e. The molecule has 2 unspecified atom stereocenters. The highest BCUT2D eigenvalue weighted by Gasteiger charge is 2.24. The van der Waals surface area contributed by atoms with E-state index in [0.29, 0.717) is 12.0 Å². The number of nitrogens with zero attached hydrogens (tertiary/aromatic N) is 3. The topological polar surface area (TPSA) is 47.1 Å². The third-order valence-corrected chi connectivity index (χ3v) is 3.29. The lowest BCUT2D eigenvalue weighted by atomic mass is 10.0. The maximum Gasteiger partial charge on any atom is 0.0946 e. The van der Waals surface area contributed by atoms with Crippen LogP contribution in [0.15, 0.2) is 18.7 Å². The molecule has 0 aromatic carbocycles. The first kappa shape index (κ1) is 10.6. The van der Waals surface area contributed by atoms with Crippen molar-refractivity contribution in [3.63, 3.8) is 0 Å². The zero-order chi connectivity index (χ0) is 10.7.